The molecule has 0 amide bonds. The highest BCUT2D eigenvalue weighted by atomic mass is 19.3. The zero-order valence-corrected chi connectivity index (χ0v) is 6.32. The van der Waals surface area contributed by atoms with Crippen molar-refractivity contribution in [1.29, 1.82) is 0 Å². The minimum Gasteiger partial charge on any atom is -0.258 e. The lowest BCUT2D eigenvalue weighted by Crippen LogP contribution is -2.28. The Kier molecular flexibility index (Phi) is 1.95. The summed E-state index contributed by atoms with van der Waals surface area (Å²) in [6, 6.07) is -2.60. The van der Waals surface area contributed by atoms with Gasteiger partial charge in [-0.25, -0.2) is 0 Å². The molecule has 3 heteroatoms. The van der Waals surface area contributed by atoms with Crippen molar-refractivity contribution in [3.8, 4) is 0 Å². The Hall–Kier alpha value is -0.180. The molecule has 0 bridgehead atoms. The van der Waals surface area contributed by atoms with E-state index in [4.69, 9.17) is 0 Å². The molecule has 0 spiro atoms. The first kappa shape index (κ1) is 7.92. The third kappa shape index (κ3) is 1.66. The fraction of sp³-hybridized carbons (Fsp3) is 1.00. The molecule has 1 nitrogen and oxygen atoms in total. The smallest absolute Gasteiger partial charge is 0.258 e. The van der Waals surface area contributed by atoms with Crippen LogP contribution in [0.1, 0.15) is 20.3 Å². The van der Waals surface area contributed by atoms with E-state index in [0.717, 1.165) is 0 Å². The highest BCUT2D eigenvalue weighted by molar-refractivity contribution is 4.81. The summed E-state index contributed by atoms with van der Waals surface area (Å²) in [6.45, 7) is 4.42. The lowest BCUT2D eigenvalue weighted by Gasteiger charge is -2.11. The molecule has 1 aliphatic heterocycles. The maximum Gasteiger partial charge on any atom is 0.302 e. The van der Waals surface area contributed by atoms with E-state index in [1.165, 1.54) is 0 Å². The van der Waals surface area contributed by atoms with E-state index in [-0.39, 0.29) is 12.3 Å². The number of rotatable bonds is 1. The van der Waals surface area contributed by atoms with Gasteiger partial charge in [0.25, 0.3) is 0 Å². The molecule has 0 radical (unpaired) electrons. The van der Waals surface area contributed by atoms with E-state index in [0.29, 0.717) is 12.5 Å². The number of hydrogen-bond donors (Lipinski definition) is 1. The maximum atomic E-state index is 12.4. The van der Waals surface area contributed by atoms with Gasteiger partial charge >= 0.3 is 6.05 Å². The van der Waals surface area contributed by atoms with E-state index in [1.807, 2.05) is 13.8 Å². The summed E-state index contributed by atoms with van der Waals surface area (Å²) in [7, 11) is 0. The van der Waals surface area contributed by atoms with Crippen LogP contribution in [0.25, 0.3) is 0 Å². The van der Waals surface area contributed by atoms with Crippen molar-refractivity contribution >= 4 is 0 Å². The van der Waals surface area contributed by atoms with Crippen molar-refractivity contribution in [2.45, 2.75) is 26.3 Å². The van der Waals surface area contributed by atoms with Gasteiger partial charge in [-0.15, -0.1) is 0 Å². The first-order chi connectivity index (χ1) is 4.51. The molecule has 0 saturated carbocycles. The van der Waals surface area contributed by atoms with Crippen LogP contribution in [-0.2, 0) is 0 Å². The number of alkyl halides is 2. The minimum atomic E-state index is -2.60. The minimum absolute atomic E-state index is 0.00463. The van der Waals surface area contributed by atoms with Crippen LogP contribution < -0.4 is 5.32 Å². The number of hydrogen-bond acceptors (Lipinski definition) is 1. The van der Waals surface area contributed by atoms with Gasteiger partial charge in [-0.2, -0.15) is 8.78 Å². The zero-order chi connectivity index (χ0) is 7.78. The Bertz CT molecular complexity index is 123. The zero-order valence-electron chi connectivity index (χ0n) is 6.32. The average Bonchev–Trinajstić information content (AvgIpc) is 2.10. The second-order valence-electron chi connectivity index (χ2n) is 3.29. The lowest BCUT2D eigenvalue weighted by atomic mass is 9.95. The summed E-state index contributed by atoms with van der Waals surface area (Å²) >= 11 is 0. The molecule has 0 aromatic heterocycles. The van der Waals surface area contributed by atoms with Gasteiger partial charge in [-0.1, -0.05) is 13.8 Å². The molecular weight excluding hydrogens is 136 g/mol. The molecule has 0 aromatic rings. The fourth-order valence-corrected chi connectivity index (χ4v) is 1.23. The molecule has 60 valence electrons. The van der Waals surface area contributed by atoms with Crippen LogP contribution >= 0.6 is 0 Å². The summed E-state index contributed by atoms with van der Waals surface area (Å²) in [5, 5.41) is 2.19. The molecule has 1 N–H and O–H groups in total. The van der Waals surface area contributed by atoms with E-state index in [9.17, 15) is 8.78 Å². The van der Waals surface area contributed by atoms with E-state index in [2.05, 4.69) is 5.32 Å². The topological polar surface area (TPSA) is 12.0 Å². The van der Waals surface area contributed by atoms with Crippen LogP contribution in [0.3, 0.4) is 0 Å². The first-order valence-corrected chi connectivity index (χ1v) is 3.64. The van der Waals surface area contributed by atoms with Gasteiger partial charge in [0.05, 0.1) is 0 Å². The molecule has 1 atom stereocenters. The molecule has 0 aromatic carbocycles. The van der Waals surface area contributed by atoms with Gasteiger partial charge in [0, 0.05) is 13.0 Å². The van der Waals surface area contributed by atoms with Crippen LogP contribution in [0, 0.1) is 11.8 Å². The highest BCUT2D eigenvalue weighted by Gasteiger charge is 2.39. The normalized spacial score (nSPS) is 31.5. The molecule has 1 aliphatic rings. The summed E-state index contributed by atoms with van der Waals surface area (Å²) in [5.74, 6) is 0.510. The third-order valence-electron chi connectivity index (χ3n) is 2.08. The van der Waals surface area contributed by atoms with E-state index < -0.39 is 6.05 Å². The SMILES string of the molecule is CC(C)C1CNC(F)(F)C1. The second kappa shape index (κ2) is 2.46. The van der Waals surface area contributed by atoms with Crippen molar-refractivity contribution < 1.29 is 8.78 Å². The Morgan fingerprint density at radius 1 is 1.50 bits per heavy atom. The molecule has 1 heterocycles. The second-order valence-corrected chi connectivity index (χ2v) is 3.29. The molecule has 1 rings (SSSR count). The quantitative estimate of drug-likeness (QED) is 0.561. The predicted molar refractivity (Wildman–Crippen MR) is 35.9 cm³/mol. The Balaban J connectivity index is 2.43. The number of nitrogens with one attached hydrogen (secondary N) is 1. The fourth-order valence-electron chi connectivity index (χ4n) is 1.23. The van der Waals surface area contributed by atoms with Crippen LogP contribution in [0.4, 0.5) is 8.78 Å². The van der Waals surface area contributed by atoms with Crippen molar-refractivity contribution in [2.24, 2.45) is 11.8 Å². The van der Waals surface area contributed by atoms with Crippen molar-refractivity contribution in [3.05, 3.63) is 0 Å². The monoisotopic (exact) mass is 149 g/mol. The van der Waals surface area contributed by atoms with Crippen LogP contribution in [0.15, 0.2) is 0 Å². The predicted octanol–water partition coefficient (Wildman–Crippen LogP) is 1.84. The van der Waals surface area contributed by atoms with Gasteiger partial charge in [-0.3, -0.25) is 5.32 Å². The van der Waals surface area contributed by atoms with Gasteiger partial charge in [-0.05, 0) is 11.8 Å². The molecule has 1 fully saturated rings. The van der Waals surface area contributed by atoms with Gasteiger partial charge in [0.15, 0.2) is 0 Å². The Labute approximate surface area is 59.8 Å². The largest absolute Gasteiger partial charge is 0.302 e. The number of halogens is 2. The van der Waals surface area contributed by atoms with Crippen molar-refractivity contribution in [2.75, 3.05) is 6.54 Å². The van der Waals surface area contributed by atoms with Crippen molar-refractivity contribution in [1.82, 2.24) is 5.32 Å². The van der Waals surface area contributed by atoms with Crippen LogP contribution in [0.2, 0.25) is 0 Å². The third-order valence-corrected chi connectivity index (χ3v) is 2.08. The van der Waals surface area contributed by atoms with E-state index >= 15 is 0 Å². The molecule has 1 unspecified atom stereocenters. The summed E-state index contributed by atoms with van der Waals surface area (Å²) in [4.78, 5) is 0. The summed E-state index contributed by atoms with van der Waals surface area (Å²) in [6.07, 6.45) is 0.00463. The molecule has 0 aliphatic carbocycles. The average molecular weight is 149 g/mol. The van der Waals surface area contributed by atoms with Gasteiger partial charge in [0.2, 0.25) is 0 Å². The summed E-state index contributed by atoms with van der Waals surface area (Å²) < 4.78 is 24.9. The molecule has 10 heavy (non-hydrogen) atoms. The summed E-state index contributed by atoms with van der Waals surface area (Å²) in [5.41, 5.74) is 0. The van der Waals surface area contributed by atoms with Crippen molar-refractivity contribution in [3.63, 3.8) is 0 Å². The van der Waals surface area contributed by atoms with Gasteiger partial charge in [0.1, 0.15) is 0 Å². The Morgan fingerprint density at radius 3 is 2.30 bits per heavy atom. The van der Waals surface area contributed by atoms with Gasteiger partial charge < -0.3 is 0 Å². The molecule has 1 saturated heterocycles. The first-order valence-electron chi connectivity index (χ1n) is 3.64. The van der Waals surface area contributed by atoms with Crippen LogP contribution in [-0.4, -0.2) is 12.6 Å². The molecular formula is C7H13F2N. The highest BCUT2D eigenvalue weighted by Crippen LogP contribution is 2.30. The van der Waals surface area contributed by atoms with Crippen LogP contribution in [0.5, 0.6) is 0 Å². The Morgan fingerprint density at radius 2 is 2.10 bits per heavy atom. The van der Waals surface area contributed by atoms with E-state index in [1.54, 1.807) is 0 Å². The lowest BCUT2D eigenvalue weighted by molar-refractivity contribution is -0.0194. The maximum absolute atomic E-state index is 12.4. The standard InChI is InChI=1S/C7H13F2N/c1-5(2)6-3-7(8,9)10-4-6/h5-6,10H,3-4H2,1-2H3.